The van der Waals surface area contributed by atoms with Crippen LogP contribution in [0.1, 0.15) is 10.5 Å². The summed E-state index contributed by atoms with van der Waals surface area (Å²) in [7, 11) is 1.37. The number of esters is 1. The Morgan fingerprint density at radius 3 is 2.56 bits per heavy atom. The van der Waals surface area contributed by atoms with E-state index >= 15 is 0 Å². The lowest BCUT2D eigenvalue weighted by Gasteiger charge is -2.03. The van der Waals surface area contributed by atoms with Crippen molar-refractivity contribution in [2.75, 3.05) is 13.4 Å². The molecule has 1 heterocycles. The van der Waals surface area contributed by atoms with Crippen LogP contribution in [-0.2, 0) is 4.74 Å². The van der Waals surface area contributed by atoms with Gasteiger partial charge in [0.25, 0.3) is 0 Å². The van der Waals surface area contributed by atoms with Crippen molar-refractivity contribution in [2.45, 2.75) is 4.90 Å². The van der Waals surface area contributed by atoms with Crippen LogP contribution in [-0.4, -0.2) is 24.3 Å². The highest BCUT2D eigenvalue weighted by atomic mass is 35.5. The van der Waals surface area contributed by atoms with E-state index in [1.54, 1.807) is 6.20 Å². The van der Waals surface area contributed by atoms with E-state index in [0.717, 1.165) is 16.0 Å². The Balaban J connectivity index is 2.48. The van der Waals surface area contributed by atoms with Gasteiger partial charge in [-0.25, -0.2) is 4.79 Å². The monoisotopic (exact) mass is 281 g/mol. The molecule has 18 heavy (non-hydrogen) atoms. The number of hydrogen-bond acceptors (Lipinski definition) is 3. The Labute approximate surface area is 114 Å². The first-order valence-electron chi connectivity index (χ1n) is 5.27. The van der Waals surface area contributed by atoms with Crippen LogP contribution < -0.4 is 0 Å². The van der Waals surface area contributed by atoms with Crippen LogP contribution in [0.5, 0.6) is 0 Å². The van der Waals surface area contributed by atoms with Gasteiger partial charge in [-0.15, -0.1) is 11.8 Å². The molecule has 0 unspecified atom stereocenters. The third-order valence-electron chi connectivity index (χ3n) is 2.58. The molecule has 2 aromatic rings. The highest BCUT2D eigenvalue weighted by Gasteiger charge is 2.18. The Kier molecular flexibility index (Phi) is 3.99. The third-order valence-corrected chi connectivity index (χ3v) is 3.67. The van der Waals surface area contributed by atoms with Gasteiger partial charge in [-0.3, -0.25) is 0 Å². The van der Waals surface area contributed by atoms with E-state index < -0.39 is 0 Å². The summed E-state index contributed by atoms with van der Waals surface area (Å²) in [5, 5.41) is 0.688. The Bertz CT molecular complexity index is 563. The van der Waals surface area contributed by atoms with Crippen molar-refractivity contribution >= 4 is 29.3 Å². The number of ether oxygens (including phenoxy) is 1. The second kappa shape index (κ2) is 5.50. The average molecular weight is 282 g/mol. The van der Waals surface area contributed by atoms with Crippen LogP contribution in [0, 0.1) is 0 Å². The van der Waals surface area contributed by atoms with Crippen LogP contribution in [0.3, 0.4) is 0 Å². The maximum atomic E-state index is 11.6. The molecular weight excluding hydrogens is 270 g/mol. The summed E-state index contributed by atoms with van der Waals surface area (Å²) in [6, 6.07) is 7.50. The van der Waals surface area contributed by atoms with Gasteiger partial charge >= 0.3 is 5.97 Å². The number of rotatable bonds is 3. The molecule has 1 aromatic heterocycles. The largest absolute Gasteiger partial charge is 0.464 e. The molecule has 0 saturated heterocycles. The number of aromatic nitrogens is 1. The number of carbonyl (C=O) groups is 1. The zero-order chi connectivity index (χ0) is 13.1. The van der Waals surface area contributed by atoms with Gasteiger partial charge in [0.1, 0.15) is 5.69 Å². The quantitative estimate of drug-likeness (QED) is 0.686. The van der Waals surface area contributed by atoms with E-state index in [4.69, 9.17) is 16.3 Å². The van der Waals surface area contributed by atoms with Crippen LogP contribution in [0.25, 0.3) is 11.1 Å². The fourth-order valence-electron chi connectivity index (χ4n) is 1.72. The van der Waals surface area contributed by atoms with E-state index in [-0.39, 0.29) is 5.97 Å². The number of aromatic amines is 1. The Hall–Kier alpha value is -1.39. The van der Waals surface area contributed by atoms with Gasteiger partial charge in [-0.1, -0.05) is 23.7 Å². The highest BCUT2D eigenvalue weighted by molar-refractivity contribution is 7.98. The molecule has 0 bridgehead atoms. The first-order chi connectivity index (χ1) is 8.67. The summed E-state index contributed by atoms with van der Waals surface area (Å²) < 4.78 is 4.74. The molecule has 0 aliphatic carbocycles. The fraction of sp³-hybridized carbons (Fsp3) is 0.154. The van der Waals surface area contributed by atoms with E-state index in [0.29, 0.717) is 10.7 Å². The number of halogens is 1. The number of hydrogen-bond donors (Lipinski definition) is 1. The summed E-state index contributed by atoms with van der Waals surface area (Å²) in [6.45, 7) is 0. The van der Waals surface area contributed by atoms with Gasteiger partial charge in [-0.2, -0.15) is 0 Å². The molecule has 1 N–H and O–H groups in total. The number of H-pyrrole nitrogens is 1. The van der Waals surface area contributed by atoms with Gasteiger partial charge in [0, 0.05) is 21.7 Å². The van der Waals surface area contributed by atoms with Crippen molar-refractivity contribution in [3.8, 4) is 11.1 Å². The molecule has 3 nitrogen and oxygen atoms in total. The average Bonchev–Trinajstić information content (AvgIpc) is 2.82. The molecule has 5 heteroatoms. The van der Waals surface area contributed by atoms with Crippen LogP contribution in [0.2, 0.25) is 5.02 Å². The number of carbonyl (C=O) groups excluding carboxylic acids is 1. The molecule has 0 fully saturated rings. The third kappa shape index (κ3) is 2.40. The smallest absolute Gasteiger partial charge is 0.355 e. The van der Waals surface area contributed by atoms with E-state index in [9.17, 15) is 4.79 Å². The number of thioether (sulfide) groups is 1. The standard InChI is InChI=1S/C13H12ClNO2S/c1-17-13(16)11-12(18-2)10(7-15-11)8-3-5-9(14)6-4-8/h3-7,15H,1-2H3. The Morgan fingerprint density at radius 2 is 2.00 bits per heavy atom. The van der Waals surface area contributed by atoms with Crippen molar-refractivity contribution < 1.29 is 9.53 Å². The molecule has 0 aliphatic heterocycles. The Morgan fingerprint density at radius 1 is 1.33 bits per heavy atom. The minimum Gasteiger partial charge on any atom is -0.464 e. The number of nitrogens with one attached hydrogen (secondary N) is 1. The van der Waals surface area contributed by atoms with Crippen molar-refractivity contribution in [3.63, 3.8) is 0 Å². The zero-order valence-corrected chi connectivity index (χ0v) is 11.6. The highest BCUT2D eigenvalue weighted by Crippen LogP contribution is 2.33. The summed E-state index contributed by atoms with van der Waals surface area (Å²) in [6.07, 6.45) is 3.73. The van der Waals surface area contributed by atoms with Crippen LogP contribution in [0.4, 0.5) is 0 Å². The topological polar surface area (TPSA) is 42.1 Å². The first-order valence-corrected chi connectivity index (χ1v) is 6.87. The molecule has 0 amide bonds. The first kappa shape index (κ1) is 13.1. The molecule has 94 valence electrons. The lowest BCUT2D eigenvalue weighted by Crippen LogP contribution is -2.02. The van der Waals surface area contributed by atoms with Gasteiger partial charge < -0.3 is 9.72 Å². The maximum absolute atomic E-state index is 11.6. The molecular formula is C13H12ClNO2S. The molecule has 2 rings (SSSR count). The minimum absolute atomic E-state index is 0.362. The summed E-state index contributed by atoms with van der Waals surface area (Å²) >= 11 is 7.37. The van der Waals surface area contributed by atoms with Crippen LogP contribution in [0.15, 0.2) is 35.4 Å². The predicted octanol–water partition coefficient (Wildman–Crippen LogP) is 3.84. The second-order valence-electron chi connectivity index (χ2n) is 3.61. The molecule has 0 radical (unpaired) electrons. The molecule has 0 aliphatic rings. The van der Waals surface area contributed by atoms with Gasteiger partial charge in [0.05, 0.1) is 7.11 Å². The van der Waals surface area contributed by atoms with E-state index in [1.807, 2.05) is 30.5 Å². The second-order valence-corrected chi connectivity index (χ2v) is 4.86. The molecule has 0 spiro atoms. The molecule has 1 aromatic carbocycles. The minimum atomic E-state index is -0.362. The number of methoxy groups -OCH3 is 1. The zero-order valence-electron chi connectivity index (χ0n) is 9.99. The van der Waals surface area contributed by atoms with Gasteiger partial charge in [0.2, 0.25) is 0 Å². The van der Waals surface area contributed by atoms with E-state index in [2.05, 4.69) is 4.98 Å². The lowest BCUT2D eigenvalue weighted by atomic mass is 10.1. The maximum Gasteiger partial charge on any atom is 0.355 e. The van der Waals surface area contributed by atoms with Crippen molar-refractivity contribution in [3.05, 3.63) is 41.2 Å². The lowest BCUT2D eigenvalue weighted by molar-refractivity contribution is 0.0591. The summed E-state index contributed by atoms with van der Waals surface area (Å²) in [5.41, 5.74) is 2.46. The fourth-order valence-corrected chi connectivity index (χ4v) is 2.59. The normalized spacial score (nSPS) is 10.4. The molecule has 0 saturated carbocycles. The molecule has 0 atom stereocenters. The van der Waals surface area contributed by atoms with Crippen molar-refractivity contribution in [1.29, 1.82) is 0 Å². The van der Waals surface area contributed by atoms with E-state index in [1.165, 1.54) is 18.9 Å². The summed E-state index contributed by atoms with van der Waals surface area (Å²) in [4.78, 5) is 15.4. The van der Waals surface area contributed by atoms with Gasteiger partial charge in [0.15, 0.2) is 0 Å². The SMILES string of the molecule is COC(=O)c1[nH]cc(-c2ccc(Cl)cc2)c1SC. The van der Waals surface area contributed by atoms with Crippen molar-refractivity contribution in [2.24, 2.45) is 0 Å². The van der Waals surface area contributed by atoms with Crippen molar-refractivity contribution in [1.82, 2.24) is 4.98 Å². The van der Waals surface area contributed by atoms with Gasteiger partial charge in [-0.05, 0) is 24.0 Å². The summed E-state index contributed by atoms with van der Waals surface area (Å²) in [5.74, 6) is -0.362. The predicted molar refractivity (Wildman–Crippen MR) is 74.4 cm³/mol. The number of benzene rings is 1. The van der Waals surface area contributed by atoms with Crippen LogP contribution >= 0.6 is 23.4 Å².